The molecule has 0 amide bonds. The van der Waals surface area contributed by atoms with Gasteiger partial charge in [0, 0.05) is 0 Å². The summed E-state index contributed by atoms with van der Waals surface area (Å²) in [6.07, 6.45) is 0. The molecule has 0 fully saturated rings. The van der Waals surface area contributed by atoms with E-state index in [1.165, 1.54) is 0 Å². The van der Waals surface area contributed by atoms with Crippen molar-refractivity contribution in [3.8, 4) is 0 Å². The van der Waals surface area contributed by atoms with Gasteiger partial charge >= 0.3 is 59.1 Å². The summed E-state index contributed by atoms with van der Waals surface area (Å²) >= 11 is 0. The van der Waals surface area contributed by atoms with Gasteiger partial charge in [-0.15, -0.1) is 5.73 Å². The van der Waals surface area contributed by atoms with Crippen LogP contribution in [0.4, 0.5) is 0 Å². The van der Waals surface area contributed by atoms with Gasteiger partial charge in [0.2, 0.25) is 0 Å². The van der Waals surface area contributed by atoms with Crippen LogP contribution in [0.1, 0.15) is 0 Å². The average Bonchev–Trinajstić information content (AvgIpc) is 1.30. The van der Waals surface area contributed by atoms with E-state index in [1.807, 2.05) is 5.73 Å². The number of rotatable bonds is 1. The Kier molecular flexibility index (Phi) is 14.6. The van der Waals surface area contributed by atoms with Crippen LogP contribution in [0.25, 0.3) is 0 Å². The van der Waals surface area contributed by atoms with Crippen LogP contribution in [0, 0.1) is 0 Å². The van der Waals surface area contributed by atoms with Gasteiger partial charge in [0.1, 0.15) is 0 Å². The molecule has 0 spiro atoms. The molecule has 0 heterocycles. The van der Waals surface area contributed by atoms with Crippen molar-refractivity contribution in [2.24, 2.45) is 0 Å². The van der Waals surface area contributed by atoms with Crippen LogP contribution >= 0.6 is 7.60 Å². The molecule has 0 aliphatic heterocycles. The second-order valence-corrected chi connectivity index (χ2v) is 2.21. The van der Waals surface area contributed by atoms with E-state index in [0.29, 0.717) is 5.82 Å². The van der Waals surface area contributed by atoms with Crippen molar-refractivity contribution in [2.45, 2.75) is 0 Å². The molecule has 0 radical (unpaired) electrons. The molecular weight excluding hydrogens is 161 g/mol. The maximum atomic E-state index is 9.55. The second kappa shape index (κ2) is 7.77. The Balaban J connectivity index is -0.000000180. The standard InChI is InChI=1S/C3H5O3P.2Na/c1-2-3-7(4,5)6;;/h3H,1H2,(H2,4,5,6);;/q;2*+1/p-2. The van der Waals surface area contributed by atoms with E-state index in [1.54, 1.807) is 0 Å². The first-order chi connectivity index (χ1) is 3.06. The molecule has 0 saturated heterocycles. The van der Waals surface area contributed by atoms with Crippen molar-refractivity contribution in [3.63, 3.8) is 0 Å². The Morgan fingerprint density at radius 3 is 1.78 bits per heavy atom. The van der Waals surface area contributed by atoms with Crippen molar-refractivity contribution < 1.29 is 73.5 Å². The largest absolute Gasteiger partial charge is 1.00 e. The van der Waals surface area contributed by atoms with Gasteiger partial charge in [-0.05, 0) is 13.4 Å². The fraction of sp³-hybridized carbons (Fsp3) is 0. The molecule has 0 bridgehead atoms. The van der Waals surface area contributed by atoms with E-state index in [9.17, 15) is 14.4 Å². The quantitative estimate of drug-likeness (QED) is 0.220. The van der Waals surface area contributed by atoms with Gasteiger partial charge in [0.05, 0.1) is 0 Å². The summed E-state index contributed by atoms with van der Waals surface area (Å²) < 4.78 is 9.55. The van der Waals surface area contributed by atoms with Crippen molar-refractivity contribution in [3.05, 3.63) is 18.1 Å². The fourth-order valence-electron chi connectivity index (χ4n) is 0.112. The Bertz CT molecular complexity index is 145. The van der Waals surface area contributed by atoms with E-state index in [-0.39, 0.29) is 59.1 Å². The topological polar surface area (TPSA) is 63.2 Å². The molecule has 0 saturated carbocycles. The van der Waals surface area contributed by atoms with Crippen molar-refractivity contribution >= 4 is 7.60 Å². The summed E-state index contributed by atoms with van der Waals surface area (Å²) in [5.41, 5.74) is 1.84. The number of hydrogen-bond donors (Lipinski definition) is 0. The van der Waals surface area contributed by atoms with E-state index >= 15 is 0 Å². The molecule has 6 heteroatoms. The van der Waals surface area contributed by atoms with Crippen LogP contribution in [0.5, 0.6) is 0 Å². The Labute approximate surface area is 98.0 Å². The van der Waals surface area contributed by atoms with Gasteiger partial charge in [-0.2, -0.15) is 0 Å². The third kappa shape index (κ3) is 17.7. The third-order valence-electron chi connectivity index (χ3n) is 0.249. The predicted octanol–water partition coefficient (Wildman–Crippen LogP) is -6.79. The summed E-state index contributed by atoms with van der Waals surface area (Å²) in [5.74, 6) is 0.396. The SMILES string of the molecule is C=C=CP(=O)([O-])[O-].[Na+].[Na+]. The average molecular weight is 164 g/mol. The first-order valence-electron chi connectivity index (χ1n) is 1.45. The molecule has 40 valence electrons. The van der Waals surface area contributed by atoms with E-state index in [0.717, 1.165) is 0 Å². The zero-order chi connectivity index (χ0) is 5.91. The van der Waals surface area contributed by atoms with Crippen LogP contribution in [0.2, 0.25) is 0 Å². The smallest absolute Gasteiger partial charge is 0.807 e. The fourth-order valence-corrected chi connectivity index (χ4v) is 0.335. The van der Waals surface area contributed by atoms with Gasteiger partial charge in [-0.25, -0.2) is 0 Å². The summed E-state index contributed by atoms with van der Waals surface area (Å²) in [7, 11) is -4.46. The Morgan fingerprint density at radius 1 is 1.44 bits per heavy atom. The van der Waals surface area contributed by atoms with Gasteiger partial charge in [-0.3, -0.25) is 0 Å². The van der Waals surface area contributed by atoms with Crippen molar-refractivity contribution in [1.82, 2.24) is 0 Å². The molecule has 0 unspecified atom stereocenters. The van der Waals surface area contributed by atoms with Crippen LogP contribution in [-0.2, 0) is 4.57 Å². The molecule has 0 aromatic rings. The monoisotopic (exact) mass is 164 g/mol. The first-order valence-corrected chi connectivity index (χ1v) is 3.06. The predicted molar refractivity (Wildman–Crippen MR) is 21.3 cm³/mol. The first kappa shape index (κ1) is 17.0. The summed E-state index contributed by atoms with van der Waals surface area (Å²) in [5, 5.41) is 0. The van der Waals surface area contributed by atoms with Crippen LogP contribution in [0.15, 0.2) is 18.1 Å². The molecule has 3 nitrogen and oxygen atoms in total. The van der Waals surface area contributed by atoms with Crippen molar-refractivity contribution in [2.75, 3.05) is 0 Å². The summed E-state index contributed by atoms with van der Waals surface area (Å²) in [6.45, 7) is 2.89. The maximum absolute atomic E-state index is 9.55. The zero-order valence-corrected chi connectivity index (χ0v) is 10.4. The molecular formula is C3H3Na2O3P. The Morgan fingerprint density at radius 2 is 1.78 bits per heavy atom. The molecule has 0 aliphatic rings. The van der Waals surface area contributed by atoms with Gasteiger partial charge in [0.25, 0.3) is 0 Å². The molecule has 9 heavy (non-hydrogen) atoms. The normalized spacial score (nSPS) is 7.78. The second-order valence-electron chi connectivity index (χ2n) is 0.873. The van der Waals surface area contributed by atoms with Gasteiger partial charge in [-0.1, -0.05) is 6.58 Å². The Hall–Kier alpha value is 1.67. The minimum atomic E-state index is -4.46. The zero-order valence-electron chi connectivity index (χ0n) is 5.46. The molecule has 0 rings (SSSR count). The van der Waals surface area contributed by atoms with E-state index in [2.05, 4.69) is 6.58 Å². The van der Waals surface area contributed by atoms with Gasteiger partial charge < -0.3 is 14.4 Å². The third-order valence-corrected chi connectivity index (χ3v) is 0.748. The minimum Gasteiger partial charge on any atom is -0.807 e. The van der Waals surface area contributed by atoms with Crippen molar-refractivity contribution in [1.29, 1.82) is 0 Å². The summed E-state index contributed by atoms with van der Waals surface area (Å²) in [4.78, 5) is 19.1. The van der Waals surface area contributed by atoms with E-state index in [4.69, 9.17) is 0 Å². The molecule has 0 atom stereocenters. The molecule has 0 aromatic heterocycles. The minimum absolute atomic E-state index is 0. The number of hydrogen-bond acceptors (Lipinski definition) is 3. The molecule has 0 N–H and O–H groups in total. The molecule has 0 aromatic carbocycles. The summed E-state index contributed by atoms with van der Waals surface area (Å²) in [6, 6.07) is 0. The van der Waals surface area contributed by atoms with Crippen LogP contribution < -0.4 is 68.9 Å². The van der Waals surface area contributed by atoms with Crippen LogP contribution in [0.3, 0.4) is 0 Å². The van der Waals surface area contributed by atoms with Gasteiger partial charge in [0.15, 0.2) is 0 Å². The van der Waals surface area contributed by atoms with E-state index < -0.39 is 7.60 Å². The molecule has 0 aliphatic carbocycles. The van der Waals surface area contributed by atoms with Crippen LogP contribution in [-0.4, -0.2) is 0 Å². The maximum Gasteiger partial charge on any atom is 1.00 e.